The molecule has 1 amide bonds. The maximum Gasteiger partial charge on any atom is 0.446 e. The number of thioether (sulfide) groups is 1. The van der Waals surface area contributed by atoms with Gasteiger partial charge in [0.05, 0.1) is 0 Å². The van der Waals surface area contributed by atoms with Crippen molar-refractivity contribution in [3.05, 3.63) is 59.2 Å². The molecule has 0 aliphatic rings. The van der Waals surface area contributed by atoms with E-state index in [2.05, 4.69) is 5.32 Å². The lowest BCUT2D eigenvalue weighted by Gasteiger charge is -2.12. The van der Waals surface area contributed by atoms with Crippen LogP contribution in [0.3, 0.4) is 0 Å². The first kappa shape index (κ1) is 17.2. The van der Waals surface area contributed by atoms with Gasteiger partial charge in [0.15, 0.2) is 0 Å². The highest BCUT2D eigenvalue weighted by atomic mass is 32.2. The molecular formula is C16H15F3N2OS. The molecule has 0 aromatic heterocycles. The number of rotatable bonds is 5. The van der Waals surface area contributed by atoms with Gasteiger partial charge in [-0.3, -0.25) is 4.79 Å². The van der Waals surface area contributed by atoms with Crippen LogP contribution < -0.4 is 11.1 Å². The van der Waals surface area contributed by atoms with Gasteiger partial charge in [-0.25, -0.2) is 0 Å². The molecule has 2 aromatic carbocycles. The van der Waals surface area contributed by atoms with Crippen molar-refractivity contribution in [1.82, 2.24) is 0 Å². The second-order valence-corrected chi connectivity index (χ2v) is 6.00. The third kappa shape index (κ3) is 4.92. The van der Waals surface area contributed by atoms with Crippen molar-refractivity contribution in [1.29, 1.82) is 0 Å². The van der Waals surface area contributed by atoms with E-state index in [4.69, 9.17) is 5.73 Å². The number of halogens is 3. The third-order valence-electron chi connectivity index (χ3n) is 3.19. The van der Waals surface area contributed by atoms with Crippen LogP contribution in [0.4, 0.5) is 18.9 Å². The SMILES string of the molecule is CNc1cccc(Cc2cc(SC(F)(F)F)ccc2C(N)=O)c1. The van der Waals surface area contributed by atoms with E-state index < -0.39 is 11.4 Å². The molecule has 0 fully saturated rings. The number of primary amides is 1. The Kier molecular flexibility index (Phi) is 5.20. The van der Waals surface area contributed by atoms with Crippen molar-refractivity contribution in [3.63, 3.8) is 0 Å². The lowest BCUT2D eigenvalue weighted by atomic mass is 9.99. The highest BCUT2D eigenvalue weighted by Crippen LogP contribution is 2.37. The summed E-state index contributed by atoms with van der Waals surface area (Å²) < 4.78 is 37.6. The predicted octanol–water partition coefficient (Wildman–Crippen LogP) is 4.03. The first-order valence-corrected chi connectivity index (χ1v) is 7.55. The zero-order valence-corrected chi connectivity index (χ0v) is 13.1. The molecule has 7 heteroatoms. The first-order valence-electron chi connectivity index (χ1n) is 6.73. The number of hydrogen-bond donors (Lipinski definition) is 2. The maximum absolute atomic E-state index is 12.5. The van der Waals surface area contributed by atoms with Gasteiger partial charge in [0, 0.05) is 23.2 Å². The Balaban J connectivity index is 2.37. The highest BCUT2D eigenvalue weighted by Gasteiger charge is 2.29. The minimum absolute atomic E-state index is 0.0299. The normalized spacial score (nSPS) is 11.3. The topological polar surface area (TPSA) is 55.1 Å². The molecule has 2 rings (SSSR count). The van der Waals surface area contributed by atoms with Gasteiger partial charge in [-0.2, -0.15) is 13.2 Å². The van der Waals surface area contributed by atoms with Crippen molar-refractivity contribution >= 4 is 23.4 Å². The molecule has 122 valence electrons. The van der Waals surface area contributed by atoms with Gasteiger partial charge in [-0.15, -0.1) is 0 Å². The lowest BCUT2D eigenvalue weighted by Crippen LogP contribution is -2.14. The summed E-state index contributed by atoms with van der Waals surface area (Å²) in [6.07, 6.45) is 0.319. The Morgan fingerprint density at radius 3 is 2.57 bits per heavy atom. The van der Waals surface area contributed by atoms with Crippen molar-refractivity contribution in [2.24, 2.45) is 5.73 Å². The number of benzene rings is 2. The largest absolute Gasteiger partial charge is 0.446 e. The summed E-state index contributed by atoms with van der Waals surface area (Å²) >= 11 is -0.211. The lowest BCUT2D eigenvalue weighted by molar-refractivity contribution is -0.0328. The molecule has 0 spiro atoms. The average Bonchev–Trinajstić information content (AvgIpc) is 2.45. The van der Waals surface area contributed by atoms with E-state index >= 15 is 0 Å². The van der Waals surface area contributed by atoms with E-state index in [0.29, 0.717) is 12.0 Å². The van der Waals surface area contributed by atoms with Crippen molar-refractivity contribution < 1.29 is 18.0 Å². The summed E-state index contributed by atoms with van der Waals surface area (Å²) in [5.41, 5.74) is 3.39. The minimum Gasteiger partial charge on any atom is -0.388 e. The van der Waals surface area contributed by atoms with Gasteiger partial charge < -0.3 is 11.1 Å². The van der Waals surface area contributed by atoms with Gasteiger partial charge in [0.25, 0.3) is 0 Å². The number of hydrogen-bond acceptors (Lipinski definition) is 3. The monoisotopic (exact) mass is 340 g/mol. The van der Waals surface area contributed by atoms with Crippen molar-refractivity contribution in [3.8, 4) is 0 Å². The number of carbonyl (C=O) groups excluding carboxylic acids is 1. The first-order chi connectivity index (χ1) is 10.8. The van der Waals surface area contributed by atoms with E-state index in [1.54, 1.807) is 7.05 Å². The Morgan fingerprint density at radius 2 is 1.96 bits per heavy atom. The van der Waals surface area contributed by atoms with E-state index in [1.165, 1.54) is 18.2 Å². The molecular weight excluding hydrogens is 325 g/mol. The van der Waals surface area contributed by atoms with Crippen LogP contribution >= 0.6 is 11.8 Å². The van der Waals surface area contributed by atoms with Crippen LogP contribution in [0, 0.1) is 0 Å². The Labute approximate surface area is 136 Å². The van der Waals surface area contributed by atoms with Crippen LogP contribution in [0.2, 0.25) is 0 Å². The summed E-state index contributed by atoms with van der Waals surface area (Å²) in [6.45, 7) is 0. The Bertz CT molecular complexity index is 717. The zero-order valence-electron chi connectivity index (χ0n) is 12.3. The zero-order chi connectivity index (χ0) is 17.0. The number of alkyl halides is 3. The third-order valence-corrected chi connectivity index (χ3v) is 3.91. The average molecular weight is 340 g/mol. The summed E-state index contributed by atoms with van der Waals surface area (Å²) in [7, 11) is 1.77. The summed E-state index contributed by atoms with van der Waals surface area (Å²) in [5.74, 6) is -0.659. The molecule has 3 N–H and O–H groups in total. The second-order valence-electron chi connectivity index (χ2n) is 4.86. The number of carbonyl (C=O) groups is 1. The standard InChI is InChI=1S/C16H15F3N2OS/c1-21-12-4-2-3-10(8-12)7-11-9-13(23-16(17,18)19)5-6-14(11)15(20)22/h2-6,8-9,21H,7H2,1H3,(H2,20,22). The van der Waals surface area contributed by atoms with Gasteiger partial charge in [0.1, 0.15) is 0 Å². The van der Waals surface area contributed by atoms with Crippen LogP contribution in [0.15, 0.2) is 47.4 Å². The Morgan fingerprint density at radius 1 is 1.22 bits per heavy atom. The molecule has 0 saturated heterocycles. The molecule has 2 aromatic rings. The maximum atomic E-state index is 12.5. The molecule has 0 unspecified atom stereocenters. The fraction of sp³-hybridized carbons (Fsp3) is 0.188. The molecule has 3 nitrogen and oxygen atoms in total. The fourth-order valence-corrected chi connectivity index (χ4v) is 2.82. The summed E-state index contributed by atoms with van der Waals surface area (Å²) in [5, 5.41) is 2.99. The van der Waals surface area contributed by atoms with Gasteiger partial charge in [0.2, 0.25) is 5.91 Å². The molecule has 0 atom stereocenters. The number of amides is 1. The number of nitrogens with one attached hydrogen (secondary N) is 1. The summed E-state index contributed by atoms with van der Waals surface area (Å²) in [6, 6.07) is 11.4. The molecule has 0 aliphatic carbocycles. The smallest absolute Gasteiger partial charge is 0.388 e. The fourth-order valence-electron chi connectivity index (χ4n) is 2.21. The van der Waals surface area contributed by atoms with E-state index in [9.17, 15) is 18.0 Å². The van der Waals surface area contributed by atoms with E-state index in [0.717, 1.165) is 11.3 Å². The van der Waals surface area contributed by atoms with Crippen LogP contribution in [0.25, 0.3) is 0 Å². The summed E-state index contributed by atoms with van der Waals surface area (Å²) in [4.78, 5) is 11.5. The minimum atomic E-state index is -4.38. The quantitative estimate of drug-likeness (QED) is 0.808. The van der Waals surface area contributed by atoms with Crippen molar-refractivity contribution in [2.75, 3.05) is 12.4 Å². The van der Waals surface area contributed by atoms with Crippen molar-refractivity contribution in [2.45, 2.75) is 16.8 Å². The van der Waals surface area contributed by atoms with E-state index in [1.807, 2.05) is 24.3 Å². The molecule has 0 radical (unpaired) electrons. The second kappa shape index (κ2) is 6.95. The molecule has 0 bridgehead atoms. The number of nitrogens with two attached hydrogens (primary N) is 1. The predicted molar refractivity (Wildman–Crippen MR) is 85.7 cm³/mol. The van der Waals surface area contributed by atoms with Crippen LogP contribution in [-0.2, 0) is 6.42 Å². The van der Waals surface area contributed by atoms with Crippen LogP contribution in [-0.4, -0.2) is 18.5 Å². The van der Waals surface area contributed by atoms with Crippen LogP contribution in [0.5, 0.6) is 0 Å². The number of anilines is 1. The molecule has 0 heterocycles. The highest BCUT2D eigenvalue weighted by molar-refractivity contribution is 8.00. The molecule has 0 saturated carbocycles. The van der Waals surface area contributed by atoms with Crippen LogP contribution in [0.1, 0.15) is 21.5 Å². The van der Waals surface area contributed by atoms with Gasteiger partial charge >= 0.3 is 5.51 Å². The molecule has 0 aliphatic heterocycles. The van der Waals surface area contributed by atoms with E-state index in [-0.39, 0.29) is 22.2 Å². The Hall–Kier alpha value is -2.15. The molecule has 23 heavy (non-hydrogen) atoms. The van der Waals surface area contributed by atoms with Gasteiger partial charge in [-0.05, 0) is 59.6 Å². The van der Waals surface area contributed by atoms with Gasteiger partial charge in [-0.1, -0.05) is 12.1 Å².